The minimum absolute atomic E-state index is 0.105. The van der Waals surface area contributed by atoms with Gasteiger partial charge in [0.2, 0.25) is 0 Å². The SMILES string of the molecule is Cc1cc(Cl)ccc1NC(=S)N1CCC(C(O)(c2ccccc2)c2ccccc2)CC1. The number of nitrogens with zero attached hydrogens (tertiary/aromatic N) is 1. The van der Waals surface area contributed by atoms with Crippen LogP contribution in [-0.4, -0.2) is 28.2 Å². The van der Waals surface area contributed by atoms with E-state index in [4.69, 9.17) is 23.8 Å². The van der Waals surface area contributed by atoms with Gasteiger partial charge in [0.25, 0.3) is 0 Å². The van der Waals surface area contributed by atoms with Crippen LogP contribution in [0, 0.1) is 12.8 Å². The molecule has 0 spiro atoms. The Morgan fingerprint density at radius 3 is 2.03 bits per heavy atom. The number of thiocarbonyl (C=S) groups is 1. The van der Waals surface area contributed by atoms with Crippen molar-refractivity contribution in [3.05, 3.63) is 101 Å². The number of piperidine rings is 1. The summed E-state index contributed by atoms with van der Waals surface area (Å²) in [6.45, 7) is 3.61. The van der Waals surface area contributed by atoms with E-state index in [1.165, 1.54) is 0 Å². The van der Waals surface area contributed by atoms with Gasteiger partial charge in [-0.05, 0) is 72.8 Å². The highest BCUT2D eigenvalue weighted by atomic mass is 35.5. The van der Waals surface area contributed by atoms with Crippen LogP contribution in [0.2, 0.25) is 5.02 Å². The number of likely N-dealkylation sites (tertiary alicyclic amines) is 1. The minimum atomic E-state index is -1.02. The van der Waals surface area contributed by atoms with E-state index < -0.39 is 5.60 Å². The fourth-order valence-electron chi connectivity index (χ4n) is 4.48. The largest absolute Gasteiger partial charge is 0.380 e. The number of hydrogen-bond donors (Lipinski definition) is 2. The Kier molecular flexibility index (Phi) is 6.61. The molecule has 0 radical (unpaired) electrons. The Morgan fingerprint density at radius 1 is 0.968 bits per heavy atom. The van der Waals surface area contributed by atoms with E-state index in [1.54, 1.807) is 0 Å². The average Bonchev–Trinajstić information content (AvgIpc) is 2.81. The third-order valence-corrected chi connectivity index (χ3v) is 6.83. The molecule has 3 nitrogen and oxygen atoms in total. The summed E-state index contributed by atoms with van der Waals surface area (Å²) in [4.78, 5) is 2.19. The summed E-state index contributed by atoms with van der Waals surface area (Å²) in [7, 11) is 0. The smallest absolute Gasteiger partial charge is 0.173 e. The molecule has 3 aromatic rings. The molecule has 0 amide bonds. The molecule has 1 aliphatic rings. The van der Waals surface area contributed by atoms with E-state index in [0.717, 1.165) is 53.3 Å². The molecule has 0 atom stereocenters. The topological polar surface area (TPSA) is 35.5 Å². The third-order valence-electron chi connectivity index (χ3n) is 6.23. The molecule has 2 N–H and O–H groups in total. The van der Waals surface area contributed by atoms with Gasteiger partial charge >= 0.3 is 0 Å². The number of aliphatic hydroxyl groups is 1. The Balaban J connectivity index is 1.50. The molecule has 1 aliphatic heterocycles. The lowest BCUT2D eigenvalue weighted by Gasteiger charge is -2.43. The van der Waals surface area contributed by atoms with Crippen LogP contribution >= 0.6 is 23.8 Å². The molecular formula is C26H27ClN2OS. The summed E-state index contributed by atoms with van der Waals surface area (Å²) >= 11 is 11.8. The van der Waals surface area contributed by atoms with Gasteiger partial charge in [0.15, 0.2) is 5.11 Å². The van der Waals surface area contributed by atoms with E-state index in [0.29, 0.717) is 5.11 Å². The van der Waals surface area contributed by atoms with Crippen molar-refractivity contribution in [2.45, 2.75) is 25.4 Å². The number of nitrogens with one attached hydrogen (secondary N) is 1. The van der Waals surface area contributed by atoms with Crippen molar-refractivity contribution in [2.75, 3.05) is 18.4 Å². The summed E-state index contributed by atoms with van der Waals surface area (Å²) in [6, 6.07) is 25.8. The van der Waals surface area contributed by atoms with Gasteiger partial charge in [0.1, 0.15) is 5.60 Å². The molecule has 5 heteroatoms. The fraction of sp³-hybridized carbons (Fsp3) is 0.269. The van der Waals surface area contributed by atoms with E-state index in [9.17, 15) is 5.11 Å². The molecule has 0 aromatic heterocycles. The van der Waals surface area contributed by atoms with Crippen LogP contribution < -0.4 is 5.32 Å². The van der Waals surface area contributed by atoms with Crippen molar-refractivity contribution in [3.63, 3.8) is 0 Å². The molecule has 0 aliphatic carbocycles. The van der Waals surface area contributed by atoms with E-state index in [2.05, 4.69) is 10.2 Å². The van der Waals surface area contributed by atoms with E-state index >= 15 is 0 Å². The Hall–Kier alpha value is -2.40. The monoisotopic (exact) mass is 450 g/mol. The Morgan fingerprint density at radius 2 is 1.52 bits per heavy atom. The van der Waals surface area contributed by atoms with Crippen LogP contribution in [0.15, 0.2) is 78.9 Å². The number of hydrogen-bond acceptors (Lipinski definition) is 2. The first-order chi connectivity index (χ1) is 15.0. The van der Waals surface area contributed by atoms with E-state index in [-0.39, 0.29) is 5.92 Å². The molecule has 31 heavy (non-hydrogen) atoms. The summed E-state index contributed by atoms with van der Waals surface area (Å²) in [6.07, 6.45) is 1.70. The molecule has 4 rings (SSSR count). The lowest BCUT2D eigenvalue weighted by atomic mass is 9.72. The first kappa shape index (κ1) is 21.8. The predicted octanol–water partition coefficient (Wildman–Crippen LogP) is 5.99. The zero-order valence-electron chi connectivity index (χ0n) is 17.6. The van der Waals surface area contributed by atoms with Gasteiger partial charge in [-0.2, -0.15) is 0 Å². The zero-order valence-corrected chi connectivity index (χ0v) is 19.2. The van der Waals surface area contributed by atoms with Crippen LogP contribution in [0.25, 0.3) is 0 Å². The van der Waals surface area contributed by atoms with Crippen molar-refractivity contribution < 1.29 is 5.11 Å². The second kappa shape index (κ2) is 9.39. The van der Waals surface area contributed by atoms with Crippen LogP contribution in [0.1, 0.15) is 29.5 Å². The third kappa shape index (κ3) is 4.62. The highest BCUT2D eigenvalue weighted by molar-refractivity contribution is 7.80. The van der Waals surface area contributed by atoms with Gasteiger partial charge in [0.05, 0.1) is 0 Å². The van der Waals surface area contributed by atoms with Crippen molar-refractivity contribution in [1.82, 2.24) is 4.90 Å². The maximum atomic E-state index is 12.0. The van der Waals surface area contributed by atoms with Crippen molar-refractivity contribution in [2.24, 2.45) is 5.92 Å². The molecule has 0 saturated carbocycles. The first-order valence-electron chi connectivity index (χ1n) is 10.6. The maximum Gasteiger partial charge on any atom is 0.173 e. The van der Waals surface area contributed by atoms with Gasteiger partial charge in [-0.25, -0.2) is 0 Å². The average molecular weight is 451 g/mol. The second-order valence-electron chi connectivity index (χ2n) is 8.15. The first-order valence-corrected chi connectivity index (χ1v) is 11.4. The minimum Gasteiger partial charge on any atom is -0.380 e. The normalized spacial score (nSPS) is 15.0. The molecule has 3 aromatic carbocycles. The number of rotatable bonds is 4. The molecule has 1 heterocycles. The second-order valence-corrected chi connectivity index (χ2v) is 8.97. The van der Waals surface area contributed by atoms with Crippen molar-refractivity contribution in [3.8, 4) is 0 Å². The highest BCUT2D eigenvalue weighted by Crippen LogP contribution is 2.42. The predicted molar refractivity (Wildman–Crippen MR) is 133 cm³/mol. The zero-order chi connectivity index (χ0) is 21.8. The molecule has 0 unspecified atom stereocenters. The summed E-state index contributed by atoms with van der Waals surface area (Å²) in [5.41, 5.74) is 2.90. The lowest BCUT2D eigenvalue weighted by Crippen LogP contribution is -2.47. The van der Waals surface area contributed by atoms with E-state index in [1.807, 2.05) is 85.8 Å². The fourth-order valence-corrected chi connectivity index (χ4v) is 5.00. The molecule has 1 fully saturated rings. The van der Waals surface area contributed by atoms with Crippen LogP contribution in [-0.2, 0) is 5.60 Å². The van der Waals surface area contributed by atoms with Gasteiger partial charge in [0, 0.05) is 23.8 Å². The number of anilines is 1. The van der Waals surface area contributed by atoms with Crippen LogP contribution in [0.5, 0.6) is 0 Å². The summed E-state index contributed by atoms with van der Waals surface area (Å²) in [5.74, 6) is 0.105. The maximum absolute atomic E-state index is 12.0. The van der Waals surface area contributed by atoms with Gasteiger partial charge in [-0.15, -0.1) is 0 Å². The van der Waals surface area contributed by atoms with Crippen molar-refractivity contribution >= 4 is 34.6 Å². The molecule has 0 bridgehead atoms. The summed E-state index contributed by atoms with van der Waals surface area (Å²) in [5, 5.41) is 16.8. The number of benzene rings is 3. The van der Waals surface area contributed by atoms with Gasteiger partial charge in [-0.1, -0.05) is 72.3 Å². The van der Waals surface area contributed by atoms with Gasteiger partial charge < -0.3 is 15.3 Å². The standard InChI is InChI=1S/C26H27ClN2OS/c1-19-18-23(27)12-13-24(19)28-25(31)29-16-14-22(15-17-29)26(30,20-8-4-2-5-9-20)21-10-6-3-7-11-21/h2-13,18,22,30H,14-17H2,1H3,(H,28,31). The quantitative estimate of drug-likeness (QED) is 0.478. The number of halogens is 1. The Bertz CT molecular complexity index is 994. The van der Waals surface area contributed by atoms with Crippen LogP contribution in [0.4, 0.5) is 5.69 Å². The molecular weight excluding hydrogens is 424 g/mol. The van der Waals surface area contributed by atoms with Gasteiger partial charge in [-0.3, -0.25) is 0 Å². The highest BCUT2D eigenvalue weighted by Gasteiger charge is 2.41. The lowest BCUT2D eigenvalue weighted by molar-refractivity contribution is -0.00631. The molecule has 160 valence electrons. The van der Waals surface area contributed by atoms with Crippen LogP contribution in [0.3, 0.4) is 0 Å². The van der Waals surface area contributed by atoms with Crippen molar-refractivity contribution in [1.29, 1.82) is 0 Å². The molecule has 1 saturated heterocycles. The summed E-state index contributed by atoms with van der Waals surface area (Å²) < 4.78 is 0. The Labute approximate surface area is 194 Å². The number of aryl methyl sites for hydroxylation is 1.